The lowest BCUT2D eigenvalue weighted by atomic mass is 9.94. The van der Waals surface area contributed by atoms with Crippen LogP contribution < -0.4 is 0 Å². The average Bonchev–Trinajstić information content (AvgIpc) is 3.27. The Balaban J connectivity index is 0. The molecule has 1 fully saturated rings. The summed E-state index contributed by atoms with van der Waals surface area (Å²) in [6, 6.07) is 0. The third-order valence-electron chi connectivity index (χ3n) is 14.2. The average molecular weight is 892 g/mol. The first-order valence-electron chi connectivity index (χ1n) is 28.5. The van der Waals surface area contributed by atoms with Crippen molar-refractivity contribution in [1.82, 2.24) is 19.6 Å². The van der Waals surface area contributed by atoms with Crippen LogP contribution in [0.25, 0.3) is 0 Å². The Kier molecular flexibility index (Phi) is 51.9. The first-order valence-corrected chi connectivity index (χ1v) is 28.5. The van der Waals surface area contributed by atoms with Gasteiger partial charge in [0.2, 0.25) is 5.91 Å². The fraction of sp³-hybridized carbons (Fsp3) is 0.983. The topological polar surface area (TPSA) is 30.0 Å². The molecular weight excluding hydrogens is 769 g/mol. The molecule has 1 saturated heterocycles. The monoisotopic (exact) mass is 891 g/mol. The van der Waals surface area contributed by atoms with E-state index in [0.29, 0.717) is 18.4 Å². The molecule has 0 aliphatic carbocycles. The van der Waals surface area contributed by atoms with Gasteiger partial charge in [0.25, 0.3) is 0 Å². The molecular formula is C58H122N4O. The minimum Gasteiger partial charge on any atom is -0.341 e. The molecule has 0 aromatic carbocycles. The Morgan fingerprint density at radius 2 is 0.667 bits per heavy atom. The van der Waals surface area contributed by atoms with Crippen molar-refractivity contribution in [2.75, 3.05) is 72.0 Å². The molecule has 0 saturated carbocycles. The van der Waals surface area contributed by atoms with E-state index in [4.69, 9.17) is 0 Å². The third-order valence-corrected chi connectivity index (χ3v) is 14.2. The van der Waals surface area contributed by atoms with E-state index >= 15 is 0 Å². The molecule has 5 nitrogen and oxygen atoms in total. The quantitative estimate of drug-likeness (QED) is 0.0570. The van der Waals surface area contributed by atoms with E-state index in [1.807, 2.05) is 0 Å². The van der Waals surface area contributed by atoms with Crippen molar-refractivity contribution in [2.45, 2.75) is 293 Å². The largest absolute Gasteiger partial charge is 0.341 e. The van der Waals surface area contributed by atoms with Gasteiger partial charge in [0, 0.05) is 26.2 Å². The van der Waals surface area contributed by atoms with Crippen molar-refractivity contribution < 1.29 is 4.79 Å². The molecule has 5 heteroatoms. The van der Waals surface area contributed by atoms with Crippen LogP contribution in [0.15, 0.2) is 0 Å². The minimum absolute atomic E-state index is 0. The minimum atomic E-state index is 0. The van der Waals surface area contributed by atoms with Gasteiger partial charge in [-0.2, -0.15) is 0 Å². The van der Waals surface area contributed by atoms with Crippen LogP contribution in [0.1, 0.15) is 293 Å². The van der Waals surface area contributed by atoms with Crippen LogP contribution in [0, 0.1) is 5.92 Å². The molecule has 1 atom stereocenters. The number of likely N-dealkylation sites (tertiary alicyclic amines) is 1. The van der Waals surface area contributed by atoms with E-state index in [9.17, 15) is 4.79 Å². The van der Waals surface area contributed by atoms with E-state index in [2.05, 4.69) is 54.2 Å². The zero-order chi connectivity index (χ0) is 44.1. The van der Waals surface area contributed by atoms with Gasteiger partial charge in [-0.3, -0.25) is 9.69 Å². The van der Waals surface area contributed by atoms with Crippen LogP contribution in [-0.4, -0.2) is 97.5 Å². The van der Waals surface area contributed by atoms with E-state index in [0.717, 1.165) is 32.7 Å². The molecule has 63 heavy (non-hydrogen) atoms. The summed E-state index contributed by atoms with van der Waals surface area (Å²) >= 11 is 0. The zero-order valence-corrected chi connectivity index (χ0v) is 42.9. The summed E-state index contributed by atoms with van der Waals surface area (Å²) in [5.74, 6) is 1.08. The van der Waals surface area contributed by atoms with Crippen LogP contribution >= 0.6 is 0 Å². The number of carbonyl (C=O) groups excluding carboxylic acids is 1. The van der Waals surface area contributed by atoms with Gasteiger partial charge in [-0.25, -0.2) is 0 Å². The Morgan fingerprint density at radius 1 is 0.381 bits per heavy atom. The lowest BCUT2D eigenvalue weighted by Crippen LogP contribution is -2.47. The number of piperidine rings is 1. The van der Waals surface area contributed by atoms with Gasteiger partial charge in [-0.1, -0.05) is 242 Å². The van der Waals surface area contributed by atoms with E-state index in [1.54, 1.807) is 0 Å². The maximum Gasteiger partial charge on any atom is 0.236 e. The summed E-state index contributed by atoms with van der Waals surface area (Å²) in [5.41, 5.74) is 0. The summed E-state index contributed by atoms with van der Waals surface area (Å²) in [5, 5.41) is 0. The summed E-state index contributed by atoms with van der Waals surface area (Å²) in [6.45, 7) is 23.7. The lowest BCUT2D eigenvalue weighted by molar-refractivity contribution is -0.134. The highest BCUT2D eigenvalue weighted by Gasteiger charge is 2.25. The van der Waals surface area contributed by atoms with Gasteiger partial charge in [0.15, 0.2) is 0 Å². The van der Waals surface area contributed by atoms with E-state index in [-0.39, 0.29) is 14.9 Å². The number of unbranched alkanes of at least 4 members (excludes halogenated alkanes) is 30. The summed E-state index contributed by atoms with van der Waals surface area (Å²) < 4.78 is 0. The predicted octanol–water partition coefficient (Wildman–Crippen LogP) is 17.5. The highest BCUT2D eigenvalue weighted by molar-refractivity contribution is 5.78. The Hall–Kier alpha value is -0.650. The van der Waals surface area contributed by atoms with Crippen molar-refractivity contribution >= 4 is 5.91 Å². The smallest absolute Gasteiger partial charge is 0.236 e. The molecule has 0 aromatic rings. The van der Waals surface area contributed by atoms with Gasteiger partial charge < -0.3 is 14.7 Å². The fourth-order valence-corrected chi connectivity index (χ4v) is 9.87. The Labute approximate surface area is 400 Å². The van der Waals surface area contributed by atoms with E-state index in [1.165, 1.54) is 277 Å². The second-order valence-corrected chi connectivity index (χ2v) is 20.2. The molecule has 0 N–H and O–H groups in total. The summed E-state index contributed by atoms with van der Waals surface area (Å²) in [7, 11) is 0. The molecule has 1 rings (SSSR count). The van der Waals surface area contributed by atoms with Crippen LogP contribution in [0.3, 0.4) is 0 Å². The van der Waals surface area contributed by atoms with Crippen molar-refractivity contribution in [3.05, 3.63) is 0 Å². The van der Waals surface area contributed by atoms with Gasteiger partial charge in [0.1, 0.15) is 0 Å². The second-order valence-electron chi connectivity index (χ2n) is 20.2. The van der Waals surface area contributed by atoms with Gasteiger partial charge in [-0.15, -0.1) is 0 Å². The van der Waals surface area contributed by atoms with Crippen LogP contribution in [0.4, 0.5) is 0 Å². The molecule has 0 radical (unpaired) electrons. The number of rotatable bonds is 48. The van der Waals surface area contributed by atoms with Crippen LogP contribution in [0.2, 0.25) is 0 Å². The highest BCUT2D eigenvalue weighted by atomic mass is 16.2. The maximum atomic E-state index is 14.2. The molecule has 1 unspecified atom stereocenters. The third kappa shape index (κ3) is 41.3. The summed E-state index contributed by atoms with van der Waals surface area (Å²) in [6.07, 6.45) is 52.0. The molecule has 1 aliphatic heterocycles. The van der Waals surface area contributed by atoms with Gasteiger partial charge >= 0.3 is 0 Å². The first kappa shape index (κ1) is 64.4. The molecule has 0 aromatic heterocycles. The molecule has 0 bridgehead atoms. The molecule has 1 aliphatic rings. The van der Waals surface area contributed by atoms with Crippen molar-refractivity contribution in [1.29, 1.82) is 0 Å². The number of nitrogens with zero attached hydrogens (tertiary/aromatic N) is 4. The molecule has 380 valence electrons. The van der Waals surface area contributed by atoms with Crippen molar-refractivity contribution in [2.24, 2.45) is 5.92 Å². The van der Waals surface area contributed by atoms with Gasteiger partial charge in [-0.05, 0) is 96.6 Å². The molecule has 1 heterocycles. The second kappa shape index (κ2) is 50.8. The van der Waals surface area contributed by atoms with Crippen LogP contribution in [-0.2, 0) is 4.79 Å². The maximum absolute atomic E-state index is 14.2. The highest BCUT2D eigenvalue weighted by Crippen LogP contribution is 2.22. The van der Waals surface area contributed by atoms with Crippen molar-refractivity contribution in [3.8, 4) is 0 Å². The lowest BCUT2D eigenvalue weighted by Gasteiger charge is -2.36. The SMILES string of the molecule is C.C.CCCCCCCCCN(CCCCCCCCC)CCC1CCCN(C(=O)CN(CCCCCCCCC)CCN(CCCCCCCCC)CCCCCCCCC)C1. The standard InChI is InChI=1S/C56H114N4O.2CH4/c1-6-11-16-21-26-31-36-44-57(45-37-32-27-22-17-12-7-2)50-43-55-42-41-49-60(53-55)56(61)54-59(48-40-35-30-25-20-15-10-5)52-51-58(46-38-33-28-23-18-13-8-3)47-39-34-29-24-19-14-9-4;;/h55H,6-54H2,1-5H3;2*1H4. The number of carbonyl (C=O) groups is 1. The Bertz CT molecular complexity index is 847. The van der Waals surface area contributed by atoms with E-state index < -0.39 is 0 Å². The molecule has 0 spiro atoms. The number of hydrogen-bond donors (Lipinski definition) is 0. The van der Waals surface area contributed by atoms with Gasteiger partial charge in [0.05, 0.1) is 6.54 Å². The Morgan fingerprint density at radius 3 is 1.02 bits per heavy atom. The normalized spacial score (nSPS) is 14.2. The number of hydrogen-bond acceptors (Lipinski definition) is 4. The predicted molar refractivity (Wildman–Crippen MR) is 287 cm³/mol. The summed E-state index contributed by atoms with van der Waals surface area (Å²) in [4.78, 5) is 24.7. The first-order chi connectivity index (χ1) is 30.1. The molecule has 1 amide bonds. The fourth-order valence-electron chi connectivity index (χ4n) is 9.87. The van der Waals surface area contributed by atoms with Crippen molar-refractivity contribution in [3.63, 3.8) is 0 Å². The van der Waals surface area contributed by atoms with Crippen LogP contribution in [0.5, 0.6) is 0 Å². The zero-order valence-electron chi connectivity index (χ0n) is 42.9. The number of amides is 1.